The monoisotopic (exact) mass is 291 g/mol. The Labute approximate surface area is 126 Å². The van der Waals surface area contributed by atoms with Gasteiger partial charge in [0.1, 0.15) is 5.69 Å². The summed E-state index contributed by atoms with van der Waals surface area (Å²) in [5.41, 5.74) is 7.73. The van der Waals surface area contributed by atoms with Crippen LogP contribution in [-0.4, -0.2) is 23.6 Å². The molecule has 0 spiro atoms. The molecule has 0 aliphatic heterocycles. The van der Waals surface area contributed by atoms with E-state index >= 15 is 0 Å². The van der Waals surface area contributed by atoms with Crippen molar-refractivity contribution in [2.24, 2.45) is 5.73 Å². The number of nitro groups is 1. The van der Waals surface area contributed by atoms with Crippen LogP contribution in [-0.2, 0) is 0 Å². The smallest absolute Gasteiger partial charge is 0.295 e. The van der Waals surface area contributed by atoms with Gasteiger partial charge >= 0.3 is 0 Å². The Hall–Kier alpha value is -1.62. The average molecular weight is 291 g/mol. The van der Waals surface area contributed by atoms with Crippen molar-refractivity contribution in [2.45, 2.75) is 58.0 Å². The zero-order valence-corrected chi connectivity index (χ0v) is 12.9. The van der Waals surface area contributed by atoms with Crippen molar-refractivity contribution in [2.75, 3.05) is 11.4 Å². The molecule has 1 aliphatic rings. The minimum atomic E-state index is -0.248. The number of nitro benzene ring substituents is 1. The third-order valence-electron chi connectivity index (χ3n) is 4.36. The second-order valence-electron chi connectivity index (χ2n) is 5.96. The van der Waals surface area contributed by atoms with Crippen LogP contribution in [0.1, 0.15) is 44.6 Å². The van der Waals surface area contributed by atoms with Gasteiger partial charge in [-0.15, -0.1) is 0 Å². The predicted molar refractivity (Wildman–Crippen MR) is 85.7 cm³/mol. The van der Waals surface area contributed by atoms with E-state index in [1.807, 2.05) is 25.1 Å². The van der Waals surface area contributed by atoms with Crippen LogP contribution in [0.3, 0.4) is 0 Å². The summed E-state index contributed by atoms with van der Waals surface area (Å²) in [7, 11) is 0. The molecular weight excluding hydrogens is 266 g/mol. The zero-order valence-electron chi connectivity index (χ0n) is 12.9. The molecule has 0 radical (unpaired) electrons. The molecule has 0 heterocycles. The lowest BCUT2D eigenvalue weighted by Gasteiger charge is -2.37. The molecule has 2 N–H and O–H groups in total. The zero-order chi connectivity index (χ0) is 15.4. The molecule has 0 amide bonds. The minimum Gasteiger partial charge on any atom is -0.363 e. The first kappa shape index (κ1) is 15.8. The van der Waals surface area contributed by atoms with Crippen molar-refractivity contribution in [3.63, 3.8) is 0 Å². The van der Waals surface area contributed by atoms with Crippen LogP contribution < -0.4 is 10.6 Å². The summed E-state index contributed by atoms with van der Waals surface area (Å²) in [5, 5.41) is 11.4. The van der Waals surface area contributed by atoms with Gasteiger partial charge in [0.2, 0.25) is 0 Å². The molecule has 0 unspecified atom stereocenters. The summed E-state index contributed by atoms with van der Waals surface area (Å²) in [5.74, 6) is 0. The summed E-state index contributed by atoms with van der Waals surface area (Å²) in [6.45, 7) is 4.77. The van der Waals surface area contributed by atoms with Crippen LogP contribution in [0, 0.1) is 17.0 Å². The first-order valence-corrected chi connectivity index (χ1v) is 7.80. The molecule has 1 aromatic rings. The molecule has 5 heteroatoms. The standard InChI is InChI=1S/C16H25N3O2/c1-3-11-18(14-9-7-13(17)8-10-14)15-6-4-5-12(2)16(15)19(20)21/h4-6,13-14H,3,7-11,17H2,1-2H3. The Balaban J connectivity index is 2.34. The molecule has 5 nitrogen and oxygen atoms in total. The van der Waals surface area contributed by atoms with Gasteiger partial charge in [0.15, 0.2) is 0 Å². The maximum absolute atomic E-state index is 11.4. The Morgan fingerprint density at radius 1 is 1.33 bits per heavy atom. The van der Waals surface area contributed by atoms with Crippen LogP contribution >= 0.6 is 0 Å². The normalized spacial score (nSPS) is 22.0. The average Bonchev–Trinajstić information content (AvgIpc) is 2.45. The molecule has 0 aromatic heterocycles. The maximum atomic E-state index is 11.4. The molecule has 0 bridgehead atoms. The Morgan fingerprint density at radius 3 is 2.57 bits per heavy atom. The van der Waals surface area contributed by atoms with Crippen molar-refractivity contribution in [1.29, 1.82) is 0 Å². The number of nitrogens with zero attached hydrogens (tertiary/aromatic N) is 2. The number of benzene rings is 1. The lowest BCUT2D eigenvalue weighted by molar-refractivity contribution is -0.384. The number of rotatable bonds is 5. The van der Waals surface area contributed by atoms with Gasteiger partial charge < -0.3 is 10.6 Å². The lowest BCUT2D eigenvalue weighted by atomic mass is 9.90. The van der Waals surface area contributed by atoms with Gasteiger partial charge in [0, 0.05) is 24.2 Å². The van der Waals surface area contributed by atoms with E-state index in [1.165, 1.54) is 0 Å². The van der Waals surface area contributed by atoms with E-state index < -0.39 is 0 Å². The third kappa shape index (κ3) is 3.53. The summed E-state index contributed by atoms with van der Waals surface area (Å²) < 4.78 is 0. The van der Waals surface area contributed by atoms with E-state index in [2.05, 4.69) is 11.8 Å². The van der Waals surface area contributed by atoms with E-state index in [0.29, 0.717) is 6.04 Å². The van der Waals surface area contributed by atoms with E-state index in [0.717, 1.165) is 49.9 Å². The molecule has 1 fully saturated rings. The van der Waals surface area contributed by atoms with Gasteiger partial charge in [-0.25, -0.2) is 0 Å². The second kappa shape index (κ2) is 6.89. The van der Waals surface area contributed by atoms with Crippen LogP contribution in [0.5, 0.6) is 0 Å². The fourth-order valence-corrected chi connectivity index (χ4v) is 3.27. The quantitative estimate of drug-likeness (QED) is 0.666. The highest BCUT2D eigenvalue weighted by Crippen LogP contribution is 2.35. The van der Waals surface area contributed by atoms with E-state index in [9.17, 15) is 10.1 Å². The number of anilines is 1. The molecule has 1 aliphatic carbocycles. The molecule has 0 saturated heterocycles. The van der Waals surface area contributed by atoms with Gasteiger partial charge in [-0.05, 0) is 45.1 Å². The van der Waals surface area contributed by atoms with Crippen molar-refractivity contribution in [3.05, 3.63) is 33.9 Å². The van der Waals surface area contributed by atoms with Crippen molar-refractivity contribution < 1.29 is 4.92 Å². The number of hydrogen-bond donors (Lipinski definition) is 1. The summed E-state index contributed by atoms with van der Waals surface area (Å²) in [6.07, 6.45) is 5.03. The number of aryl methyl sites for hydroxylation is 1. The summed E-state index contributed by atoms with van der Waals surface area (Å²) >= 11 is 0. The van der Waals surface area contributed by atoms with Gasteiger partial charge in [-0.1, -0.05) is 19.1 Å². The number of nitrogens with two attached hydrogens (primary N) is 1. The lowest BCUT2D eigenvalue weighted by Crippen LogP contribution is -2.41. The van der Waals surface area contributed by atoms with Crippen LogP contribution in [0.4, 0.5) is 11.4 Å². The molecule has 1 saturated carbocycles. The van der Waals surface area contributed by atoms with Gasteiger partial charge in [-0.3, -0.25) is 10.1 Å². The Kier molecular flexibility index (Phi) is 5.17. The van der Waals surface area contributed by atoms with E-state index in [1.54, 1.807) is 0 Å². The summed E-state index contributed by atoms with van der Waals surface area (Å²) in [6, 6.07) is 6.26. The number of hydrogen-bond acceptors (Lipinski definition) is 4. The van der Waals surface area contributed by atoms with Gasteiger partial charge in [0.05, 0.1) is 4.92 Å². The van der Waals surface area contributed by atoms with Crippen LogP contribution in [0.25, 0.3) is 0 Å². The maximum Gasteiger partial charge on any atom is 0.295 e. The second-order valence-corrected chi connectivity index (χ2v) is 5.96. The molecule has 116 valence electrons. The SMILES string of the molecule is CCCN(c1cccc(C)c1[N+](=O)[O-])C1CCC(N)CC1. The molecule has 21 heavy (non-hydrogen) atoms. The van der Waals surface area contributed by atoms with Crippen LogP contribution in [0.2, 0.25) is 0 Å². The highest BCUT2D eigenvalue weighted by atomic mass is 16.6. The topological polar surface area (TPSA) is 72.4 Å². The van der Waals surface area contributed by atoms with Crippen molar-refractivity contribution >= 4 is 11.4 Å². The van der Waals surface area contributed by atoms with Crippen molar-refractivity contribution in [3.8, 4) is 0 Å². The highest BCUT2D eigenvalue weighted by Gasteiger charge is 2.29. The largest absolute Gasteiger partial charge is 0.363 e. The van der Waals surface area contributed by atoms with E-state index in [4.69, 9.17) is 5.73 Å². The Morgan fingerprint density at radius 2 is 2.00 bits per heavy atom. The predicted octanol–water partition coefficient (Wildman–Crippen LogP) is 3.39. The van der Waals surface area contributed by atoms with Gasteiger partial charge in [-0.2, -0.15) is 0 Å². The fourth-order valence-electron chi connectivity index (χ4n) is 3.27. The first-order chi connectivity index (χ1) is 10.0. The fraction of sp³-hybridized carbons (Fsp3) is 0.625. The first-order valence-electron chi connectivity index (χ1n) is 7.80. The van der Waals surface area contributed by atoms with Gasteiger partial charge in [0.25, 0.3) is 5.69 Å². The molecular formula is C16H25N3O2. The van der Waals surface area contributed by atoms with Crippen molar-refractivity contribution in [1.82, 2.24) is 0 Å². The minimum absolute atomic E-state index is 0.248. The highest BCUT2D eigenvalue weighted by molar-refractivity contribution is 5.67. The molecule has 2 rings (SSSR count). The molecule has 0 atom stereocenters. The van der Waals surface area contributed by atoms with E-state index in [-0.39, 0.29) is 16.7 Å². The van der Waals surface area contributed by atoms with Crippen LogP contribution in [0.15, 0.2) is 18.2 Å². The third-order valence-corrected chi connectivity index (χ3v) is 4.36. The Bertz CT molecular complexity index is 496. The number of para-hydroxylation sites is 1. The molecule has 1 aromatic carbocycles. The summed E-state index contributed by atoms with van der Waals surface area (Å²) in [4.78, 5) is 13.4.